The lowest BCUT2D eigenvalue weighted by Crippen LogP contribution is -2.29. The molecule has 4 aromatic carbocycles. The van der Waals surface area contributed by atoms with Gasteiger partial charge < -0.3 is 9.47 Å². The maximum atomic E-state index is 14.0. The maximum Gasteiger partial charge on any atom is 0.271 e. The van der Waals surface area contributed by atoms with E-state index in [-0.39, 0.29) is 12.5 Å². The van der Waals surface area contributed by atoms with E-state index in [4.69, 9.17) is 14.5 Å². The zero-order valence-electron chi connectivity index (χ0n) is 25.0. The minimum atomic E-state index is -0.130. The van der Waals surface area contributed by atoms with Gasteiger partial charge in [-0.25, -0.2) is 4.99 Å². The SMILES string of the molecule is CCOc1cc(/C=C2\SC(=Nc3cc(C)ccc3C)N(c3cc(C)ccc3C)C2=O)ccc1OCc1ccccc1C#N. The highest BCUT2D eigenvalue weighted by atomic mass is 32.2. The van der Waals surface area contributed by atoms with Gasteiger partial charge in [0.2, 0.25) is 0 Å². The van der Waals surface area contributed by atoms with Crippen molar-refractivity contribution in [1.29, 1.82) is 5.26 Å². The van der Waals surface area contributed by atoms with Gasteiger partial charge in [0.05, 0.1) is 34.5 Å². The van der Waals surface area contributed by atoms with Crippen molar-refractivity contribution in [1.82, 2.24) is 0 Å². The van der Waals surface area contributed by atoms with E-state index in [9.17, 15) is 10.1 Å². The Morgan fingerprint density at radius 2 is 1.63 bits per heavy atom. The molecule has 1 aliphatic heterocycles. The van der Waals surface area contributed by atoms with Gasteiger partial charge in [-0.2, -0.15) is 5.26 Å². The molecule has 4 aromatic rings. The number of aliphatic imine (C=N–C) groups is 1. The van der Waals surface area contributed by atoms with Crippen LogP contribution in [0.1, 0.15) is 45.9 Å². The molecular formula is C36H33N3O3S. The van der Waals surface area contributed by atoms with Crippen LogP contribution in [-0.4, -0.2) is 17.7 Å². The van der Waals surface area contributed by atoms with E-state index < -0.39 is 0 Å². The summed E-state index contributed by atoms with van der Waals surface area (Å²) in [6, 6.07) is 27.4. The molecule has 1 heterocycles. The van der Waals surface area contributed by atoms with E-state index in [1.165, 1.54) is 11.8 Å². The quantitative estimate of drug-likeness (QED) is 0.193. The van der Waals surface area contributed by atoms with Crippen molar-refractivity contribution in [3.63, 3.8) is 0 Å². The lowest BCUT2D eigenvalue weighted by Gasteiger charge is -2.19. The zero-order chi connectivity index (χ0) is 30.5. The van der Waals surface area contributed by atoms with E-state index in [0.29, 0.717) is 33.7 Å². The van der Waals surface area contributed by atoms with Gasteiger partial charge in [0.15, 0.2) is 16.7 Å². The first kappa shape index (κ1) is 29.7. The first-order valence-electron chi connectivity index (χ1n) is 14.1. The number of nitriles is 1. The van der Waals surface area contributed by atoms with Crippen molar-refractivity contribution in [3.8, 4) is 17.6 Å². The summed E-state index contributed by atoms with van der Waals surface area (Å²) in [7, 11) is 0. The van der Waals surface area contributed by atoms with Gasteiger partial charge in [-0.3, -0.25) is 9.69 Å². The standard InChI is InChI=1S/C36H33N3O3S/c1-6-41-33-19-27(15-16-32(33)42-22-29-10-8-7-9-28(29)21-37)20-34-35(40)39(31-18-24(3)12-14-26(31)5)36(43-34)38-30-17-23(2)11-13-25(30)4/h7-20H,6,22H2,1-5H3/b34-20-,38-36?. The van der Waals surface area contributed by atoms with Crippen molar-refractivity contribution in [2.24, 2.45) is 4.99 Å². The normalized spacial score (nSPS) is 14.8. The average molecular weight is 588 g/mol. The molecule has 0 N–H and O–H groups in total. The van der Waals surface area contributed by atoms with E-state index >= 15 is 0 Å². The predicted octanol–water partition coefficient (Wildman–Crippen LogP) is 8.58. The first-order chi connectivity index (χ1) is 20.8. The number of rotatable bonds is 8. The van der Waals surface area contributed by atoms with Crippen LogP contribution in [0.3, 0.4) is 0 Å². The van der Waals surface area contributed by atoms with Crippen LogP contribution in [0.25, 0.3) is 6.08 Å². The molecule has 0 bridgehead atoms. The van der Waals surface area contributed by atoms with Crippen molar-refractivity contribution >= 4 is 40.3 Å². The van der Waals surface area contributed by atoms with Crippen LogP contribution >= 0.6 is 11.8 Å². The number of thioether (sulfide) groups is 1. The van der Waals surface area contributed by atoms with Crippen molar-refractivity contribution in [3.05, 3.63) is 123 Å². The lowest BCUT2D eigenvalue weighted by atomic mass is 10.1. The second kappa shape index (κ2) is 13.0. The van der Waals surface area contributed by atoms with E-state index in [0.717, 1.165) is 44.8 Å². The molecule has 0 spiro atoms. The minimum Gasteiger partial charge on any atom is -0.490 e. The second-order valence-corrected chi connectivity index (χ2v) is 11.4. The van der Waals surface area contributed by atoms with Gasteiger partial charge in [-0.1, -0.05) is 48.5 Å². The van der Waals surface area contributed by atoms with E-state index in [1.54, 1.807) is 11.0 Å². The molecule has 0 atom stereocenters. The van der Waals surface area contributed by atoms with Crippen molar-refractivity contribution < 1.29 is 14.3 Å². The fraction of sp³-hybridized carbons (Fsp3) is 0.194. The van der Waals surface area contributed by atoms with Gasteiger partial charge in [0.1, 0.15) is 6.61 Å². The highest BCUT2D eigenvalue weighted by Gasteiger charge is 2.35. The molecule has 7 heteroatoms. The average Bonchev–Trinajstić information content (AvgIpc) is 3.29. The Balaban J connectivity index is 1.51. The molecule has 0 saturated carbocycles. The number of carbonyl (C=O) groups excluding carboxylic acids is 1. The summed E-state index contributed by atoms with van der Waals surface area (Å²) in [5.41, 5.74) is 8.04. The number of ether oxygens (including phenoxy) is 2. The van der Waals surface area contributed by atoms with E-state index in [2.05, 4.69) is 12.1 Å². The highest BCUT2D eigenvalue weighted by molar-refractivity contribution is 8.19. The molecule has 1 amide bonds. The number of hydrogen-bond donors (Lipinski definition) is 0. The smallest absolute Gasteiger partial charge is 0.271 e. The van der Waals surface area contributed by atoms with Crippen LogP contribution in [-0.2, 0) is 11.4 Å². The second-order valence-electron chi connectivity index (χ2n) is 10.4. The van der Waals surface area contributed by atoms with Gasteiger partial charge >= 0.3 is 0 Å². The van der Waals surface area contributed by atoms with Crippen LogP contribution in [0.2, 0.25) is 0 Å². The topological polar surface area (TPSA) is 74.9 Å². The summed E-state index contributed by atoms with van der Waals surface area (Å²) < 4.78 is 12.0. The fourth-order valence-electron chi connectivity index (χ4n) is 4.73. The molecule has 0 aliphatic carbocycles. The summed E-state index contributed by atoms with van der Waals surface area (Å²) in [4.78, 5) is 21.3. The van der Waals surface area contributed by atoms with Crippen LogP contribution in [0.5, 0.6) is 11.5 Å². The molecule has 1 saturated heterocycles. The third kappa shape index (κ3) is 6.66. The monoisotopic (exact) mass is 587 g/mol. The molecule has 6 nitrogen and oxygen atoms in total. The summed E-state index contributed by atoms with van der Waals surface area (Å²) in [5, 5.41) is 10.0. The van der Waals surface area contributed by atoms with Crippen molar-refractivity contribution in [2.75, 3.05) is 11.5 Å². The Hall–Kier alpha value is -4.80. The van der Waals surface area contributed by atoms with Crippen LogP contribution in [0.4, 0.5) is 11.4 Å². The first-order valence-corrected chi connectivity index (χ1v) is 14.9. The van der Waals surface area contributed by atoms with Gasteiger partial charge in [-0.05, 0) is 111 Å². The summed E-state index contributed by atoms with van der Waals surface area (Å²) in [6.45, 7) is 10.7. The molecule has 0 unspecified atom stereocenters. The number of aryl methyl sites for hydroxylation is 4. The Morgan fingerprint density at radius 1 is 0.884 bits per heavy atom. The third-order valence-electron chi connectivity index (χ3n) is 7.08. The molecule has 5 rings (SSSR count). The molecular weight excluding hydrogens is 554 g/mol. The van der Waals surface area contributed by atoms with Gasteiger partial charge in [0, 0.05) is 5.56 Å². The number of carbonyl (C=O) groups is 1. The maximum absolute atomic E-state index is 14.0. The summed E-state index contributed by atoms with van der Waals surface area (Å²) in [5.74, 6) is 1.00. The van der Waals surface area contributed by atoms with Crippen LogP contribution < -0.4 is 14.4 Å². The molecule has 216 valence electrons. The minimum absolute atomic E-state index is 0.130. The Morgan fingerprint density at radius 3 is 2.40 bits per heavy atom. The number of hydrogen-bond acceptors (Lipinski definition) is 6. The molecule has 0 aromatic heterocycles. The fourth-order valence-corrected chi connectivity index (χ4v) is 5.72. The summed E-state index contributed by atoms with van der Waals surface area (Å²) >= 11 is 1.36. The number of amidine groups is 1. The van der Waals surface area contributed by atoms with Crippen LogP contribution in [0.15, 0.2) is 88.8 Å². The number of benzene rings is 4. The third-order valence-corrected chi connectivity index (χ3v) is 8.05. The Kier molecular flexibility index (Phi) is 8.98. The lowest BCUT2D eigenvalue weighted by molar-refractivity contribution is -0.113. The van der Waals surface area contributed by atoms with E-state index in [1.807, 2.05) is 107 Å². The summed E-state index contributed by atoms with van der Waals surface area (Å²) in [6.07, 6.45) is 1.87. The van der Waals surface area contributed by atoms with Gasteiger partial charge in [-0.15, -0.1) is 0 Å². The Labute approximate surface area is 257 Å². The number of anilines is 1. The van der Waals surface area contributed by atoms with Crippen LogP contribution in [0, 0.1) is 39.0 Å². The molecule has 1 fully saturated rings. The highest BCUT2D eigenvalue weighted by Crippen LogP contribution is 2.40. The predicted molar refractivity (Wildman–Crippen MR) is 175 cm³/mol. The molecule has 43 heavy (non-hydrogen) atoms. The Bertz CT molecular complexity index is 1800. The number of nitrogens with zero attached hydrogens (tertiary/aromatic N) is 3. The van der Waals surface area contributed by atoms with Crippen molar-refractivity contribution in [2.45, 2.75) is 41.2 Å². The molecule has 0 radical (unpaired) electrons. The number of amides is 1. The largest absolute Gasteiger partial charge is 0.490 e. The van der Waals surface area contributed by atoms with Gasteiger partial charge in [0.25, 0.3) is 5.91 Å². The molecule has 1 aliphatic rings. The zero-order valence-corrected chi connectivity index (χ0v) is 25.8.